The van der Waals surface area contributed by atoms with Gasteiger partial charge >= 0.3 is 0 Å². The maximum absolute atomic E-state index is 12.1. The quantitative estimate of drug-likeness (QED) is 0.780. The number of carbonyl (C=O) groups is 1. The molecule has 1 saturated carbocycles. The monoisotopic (exact) mass is 228 g/mol. The van der Waals surface area contributed by atoms with Gasteiger partial charge in [-0.2, -0.15) is 11.8 Å². The number of rotatable bonds is 3. The van der Waals surface area contributed by atoms with E-state index in [2.05, 4.69) is 10.2 Å². The summed E-state index contributed by atoms with van der Waals surface area (Å²) in [5, 5.41) is 3.12. The van der Waals surface area contributed by atoms with Gasteiger partial charge in [0.25, 0.3) is 0 Å². The Labute approximate surface area is 96.0 Å². The van der Waals surface area contributed by atoms with E-state index in [4.69, 9.17) is 0 Å². The zero-order valence-corrected chi connectivity index (χ0v) is 10.2. The van der Waals surface area contributed by atoms with E-state index in [1.165, 1.54) is 19.3 Å². The first-order valence-corrected chi connectivity index (χ1v) is 7.00. The molecular weight excluding hydrogens is 208 g/mol. The molecule has 0 radical (unpaired) electrons. The Hall–Kier alpha value is -0.220. The van der Waals surface area contributed by atoms with Gasteiger partial charge in [-0.3, -0.25) is 4.79 Å². The number of nitrogens with zero attached hydrogens (tertiary/aromatic N) is 1. The standard InChI is InChI=1S/C11H20N2OS/c1-12-10-8-15-6-5-13(11(10)14)7-9-3-2-4-9/h9-10,12H,2-8H2,1H3. The molecule has 1 aliphatic carbocycles. The third kappa shape index (κ3) is 2.67. The largest absolute Gasteiger partial charge is 0.340 e. The smallest absolute Gasteiger partial charge is 0.240 e. The molecule has 4 heteroatoms. The van der Waals surface area contributed by atoms with Gasteiger partial charge in [-0.15, -0.1) is 0 Å². The molecule has 15 heavy (non-hydrogen) atoms. The summed E-state index contributed by atoms with van der Waals surface area (Å²) in [6.45, 7) is 1.94. The van der Waals surface area contributed by atoms with Gasteiger partial charge in [0.05, 0.1) is 6.04 Å². The van der Waals surface area contributed by atoms with Crippen LogP contribution in [-0.2, 0) is 4.79 Å². The molecule has 2 aliphatic rings. The molecule has 1 amide bonds. The lowest BCUT2D eigenvalue weighted by atomic mass is 9.85. The maximum atomic E-state index is 12.1. The minimum atomic E-state index is 0.0394. The van der Waals surface area contributed by atoms with Crippen LogP contribution in [0.4, 0.5) is 0 Å². The van der Waals surface area contributed by atoms with Gasteiger partial charge in [-0.25, -0.2) is 0 Å². The van der Waals surface area contributed by atoms with Crippen molar-refractivity contribution in [2.75, 3.05) is 31.6 Å². The van der Waals surface area contributed by atoms with Crippen LogP contribution in [0.25, 0.3) is 0 Å². The fraction of sp³-hybridized carbons (Fsp3) is 0.909. The molecule has 0 aromatic rings. The first-order chi connectivity index (χ1) is 7.31. The number of carbonyl (C=O) groups excluding carboxylic acids is 1. The van der Waals surface area contributed by atoms with Crippen LogP contribution in [0.3, 0.4) is 0 Å². The van der Waals surface area contributed by atoms with Crippen LogP contribution in [0.2, 0.25) is 0 Å². The number of likely N-dealkylation sites (N-methyl/N-ethyl adjacent to an activating group) is 1. The van der Waals surface area contributed by atoms with Crippen LogP contribution >= 0.6 is 11.8 Å². The van der Waals surface area contributed by atoms with Crippen molar-refractivity contribution in [1.82, 2.24) is 10.2 Å². The number of thioether (sulfide) groups is 1. The predicted molar refractivity (Wildman–Crippen MR) is 64.1 cm³/mol. The third-order valence-electron chi connectivity index (χ3n) is 3.45. The Kier molecular flexibility index (Phi) is 3.92. The Morgan fingerprint density at radius 3 is 2.93 bits per heavy atom. The third-order valence-corrected chi connectivity index (χ3v) is 4.49. The number of hydrogen-bond donors (Lipinski definition) is 1. The highest BCUT2D eigenvalue weighted by molar-refractivity contribution is 7.99. The highest BCUT2D eigenvalue weighted by atomic mass is 32.2. The van der Waals surface area contributed by atoms with E-state index >= 15 is 0 Å². The van der Waals surface area contributed by atoms with Crippen LogP contribution in [-0.4, -0.2) is 48.5 Å². The summed E-state index contributed by atoms with van der Waals surface area (Å²) in [6, 6.07) is 0.0394. The molecule has 1 N–H and O–H groups in total. The van der Waals surface area contributed by atoms with Crippen molar-refractivity contribution in [1.29, 1.82) is 0 Å². The summed E-state index contributed by atoms with van der Waals surface area (Å²) in [6.07, 6.45) is 4.00. The summed E-state index contributed by atoms with van der Waals surface area (Å²) < 4.78 is 0. The molecule has 1 atom stereocenters. The van der Waals surface area contributed by atoms with E-state index in [0.717, 1.165) is 30.5 Å². The molecule has 1 saturated heterocycles. The molecule has 1 unspecified atom stereocenters. The Morgan fingerprint density at radius 1 is 1.53 bits per heavy atom. The maximum Gasteiger partial charge on any atom is 0.240 e. The molecule has 86 valence electrons. The Balaban J connectivity index is 1.91. The summed E-state index contributed by atoms with van der Waals surface area (Å²) in [5.41, 5.74) is 0. The second-order valence-electron chi connectivity index (χ2n) is 4.50. The van der Waals surface area contributed by atoms with Crippen LogP contribution in [0.1, 0.15) is 19.3 Å². The number of hydrogen-bond acceptors (Lipinski definition) is 3. The van der Waals surface area contributed by atoms with Crippen molar-refractivity contribution in [2.45, 2.75) is 25.3 Å². The second kappa shape index (κ2) is 5.21. The van der Waals surface area contributed by atoms with Crippen molar-refractivity contribution in [3.8, 4) is 0 Å². The van der Waals surface area contributed by atoms with Gasteiger partial charge in [0.2, 0.25) is 5.91 Å². The van der Waals surface area contributed by atoms with E-state index in [9.17, 15) is 4.79 Å². The van der Waals surface area contributed by atoms with E-state index in [0.29, 0.717) is 5.91 Å². The molecule has 1 heterocycles. The minimum Gasteiger partial charge on any atom is -0.340 e. The van der Waals surface area contributed by atoms with Gasteiger partial charge in [0, 0.05) is 24.6 Å². The summed E-state index contributed by atoms with van der Waals surface area (Å²) in [4.78, 5) is 14.2. The average molecular weight is 228 g/mol. The highest BCUT2D eigenvalue weighted by Gasteiger charge is 2.29. The summed E-state index contributed by atoms with van der Waals surface area (Å²) in [5.74, 6) is 3.12. The normalized spacial score (nSPS) is 28.7. The Morgan fingerprint density at radius 2 is 2.33 bits per heavy atom. The zero-order chi connectivity index (χ0) is 10.7. The van der Waals surface area contributed by atoms with Crippen molar-refractivity contribution < 1.29 is 4.79 Å². The van der Waals surface area contributed by atoms with Crippen LogP contribution in [0.15, 0.2) is 0 Å². The van der Waals surface area contributed by atoms with Crippen molar-refractivity contribution in [2.24, 2.45) is 5.92 Å². The molecule has 1 aliphatic heterocycles. The van der Waals surface area contributed by atoms with Gasteiger partial charge in [-0.05, 0) is 25.8 Å². The van der Waals surface area contributed by atoms with E-state index in [1.807, 2.05) is 18.8 Å². The average Bonchev–Trinajstić information content (AvgIpc) is 2.35. The first-order valence-electron chi connectivity index (χ1n) is 5.85. The lowest BCUT2D eigenvalue weighted by molar-refractivity contribution is -0.133. The van der Waals surface area contributed by atoms with Crippen molar-refractivity contribution >= 4 is 17.7 Å². The second-order valence-corrected chi connectivity index (χ2v) is 5.65. The molecule has 0 spiro atoms. The van der Waals surface area contributed by atoms with Gasteiger partial charge < -0.3 is 10.2 Å². The fourth-order valence-corrected chi connectivity index (χ4v) is 3.21. The highest BCUT2D eigenvalue weighted by Crippen LogP contribution is 2.28. The summed E-state index contributed by atoms with van der Waals surface area (Å²) in [7, 11) is 1.88. The van der Waals surface area contributed by atoms with Crippen LogP contribution < -0.4 is 5.32 Å². The molecule has 0 bridgehead atoms. The van der Waals surface area contributed by atoms with Crippen LogP contribution in [0, 0.1) is 5.92 Å². The van der Waals surface area contributed by atoms with E-state index < -0.39 is 0 Å². The molecule has 2 rings (SSSR count). The predicted octanol–water partition coefficient (Wildman–Crippen LogP) is 0.950. The Bertz CT molecular complexity index is 231. The van der Waals surface area contributed by atoms with Gasteiger partial charge in [0.15, 0.2) is 0 Å². The fourth-order valence-electron chi connectivity index (χ4n) is 2.15. The topological polar surface area (TPSA) is 32.3 Å². The first kappa shape index (κ1) is 11.3. The minimum absolute atomic E-state index is 0.0394. The van der Waals surface area contributed by atoms with Gasteiger partial charge in [-0.1, -0.05) is 6.42 Å². The number of nitrogens with one attached hydrogen (secondary N) is 1. The molecule has 0 aromatic heterocycles. The number of amides is 1. The molecule has 2 fully saturated rings. The molecule has 3 nitrogen and oxygen atoms in total. The SMILES string of the molecule is CNC1CSCCN(CC2CCC2)C1=O. The van der Waals surface area contributed by atoms with Crippen LogP contribution in [0.5, 0.6) is 0 Å². The molecule has 0 aromatic carbocycles. The molecular formula is C11H20N2OS. The van der Waals surface area contributed by atoms with Gasteiger partial charge in [0.1, 0.15) is 0 Å². The lowest BCUT2D eigenvalue weighted by Crippen LogP contribution is -2.47. The van der Waals surface area contributed by atoms with Crippen molar-refractivity contribution in [3.63, 3.8) is 0 Å². The van der Waals surface area contributed by atoms with Crippen molar-refractivity contribution in [3.05, 3.63) is 0 Å². The summed E-state index contributed by atoms with van der Waals surface area (Å²) >= 11 is 1.88. The van der Waals surface area contributed by atoms with E-state index in [1.54, 1.807) is 0 Å². The zero-order valence-electron chi connectivity index (χ0n) is 9.37. The lowest BCUT2D eigenvalue weighted by Gasteiger charge is -2.32. The van der Waals surface area contributed by atoms with E-state index in [-0.39, 0.29) is 6.04 Å².